The van der Waals surface area contributed by atoms with Crippen LogP contribution in [0, 0.1) is 0 Å². The minimum Gasteiger partial charge on any atom is -0.493 e. The SMILES string of the molecule is CCNC(=NCC1(O)CCSC1)NC1CCOc2ccccc21.I. The van der Waals surface area contributed by atoms with E-state index >= 15 is 0 Å². The van der Waals surface area contributed by atoms with E-state index in [1.807, 2.05) is 18.2 Å². The van der Waals surface area contributed by atoms with Crippen LogP contribution in [0.2, 0.25) is 0 Å². The van der Waals surface area contributed by atoms with E-state index in [1.54, 1.807) is 11.8 Å². The van der Waals surface area contributed by atoms with Crippen LogP contribution < -0.4 is 15.4 Å². The van der Waals surface area contributed by atoms with Crippen molar-refractivity contribution in [3.8, 4) is 5.75 Å². The van der Waals surface area contributed by atoms with Crippen molar-refractivity contribution in [1.82, 2.24) is 10.6 Å². The first-order valence-electron chi connectivity index (χ1n) is 8.27. The molecule has 0 saturated carbocycles. The third kappa shape index (κ3) is 4.92. The van der Waals surface area contributed by atoms with Gasteiger partial charge in [-0.2, -0.15) is 11.8 Å². The molecule has 2 aliphatic heterocycles. The number of para-hydroxylation sites is 1. The van der Waals surface area contributed by atoms with Gasteiger partial charge in [-0.1, -0.05) is 18.2 Å². The zero-order valence-electron chi connectivity index (χ0n) is 14.0. The highest BCUT2D eigenvalue weighted by molar-refractivity contribution is 14.0. The van der Waals surface area contributed by atoms with Crippen molar-refractivity contribution >= 4 is 41.7 Å². The van der Waals surface area contributed by atoms with Gasteiger partial charge >= 0.3 is 0 Å². The molecule has 0 radical (unpaired) electrons. The lowest BCUT2D eigenvalue weighted by Crippen LogP contribution is -2.42. The second-order valence-electron chi connectivity index (χ2n) is 6.09. The number of nitrogens with zero attached hydrogens (tertiary/aromatic N) is 1. The van der Waals surface area contributed by atoms with E-state index in [1.165, 1.54) is 5.56 Å². The van der Waals surface area contributed by atoms with Crippen LogP contribution in [-0.2, 0) is 0 Å². The maximum atomic E-state index is 10.5. The van der Waals surface area contributed by atoms with Crippen LogP contribution in [0.25, 0.3) is 0 Å². The van der Waals surface area contributed by atoms with Gasteiger partial charge in [-0.15, -0.1) is 24.0 Å². The number of benzene rings is 1. The lowest BCUT2D eigenvalue weighted by atomic mass is 10.0. The van der Waals surface area contributed by atoms with Crippen molar-refractivity contribution in [1.29, 1.82) is 0 Å². The quantitative estimate of drug-likeness (QED) is 0.364. The summed E-state index contributed by atoms with van der Waals surface area (Å²) in [6.45, 7) is 3.99. The maximum Gasteiger partial charge on any atom is 0.191 e. The number of thioether (sulfide) groups is 1. The first kappa shape index (κ1) is 19.7. The summed E-state index contributed by atoms with van der Waals surface area (Å²) in [7, 11) is 0. The molecule has 0 aromatic heterocycles. The van der Waals surface area contributed by atoms with Crippen LogP contribution in [0.5, 0.6) is 5.75 Å². The van der Waals surface area contributed by atoms with Gasteiger partial charge in [-0.05, 0) is 25.2 Å². The lowest BCUT2D eigenvalue weighted by Gasteiger charge is -2.28. The summed E-state index contributed by atoms with van der Waals surface area (Å²) in [4.78, 5) is 4.62. The topological polar surface area (TPSA) is 65.9 Å². The Morgan fingerprint density at radius 3 is 3.04 bits per heavy atom. The van der Waals surface area contributed by atoms with E-state index in [0.717, 1.165) is 42.6 Å². The molecule has 2 aliphatic rings. The molecule has 3 N–H and O–H groups in total. The highest BCUT2D eigenvalue weighted by Gasteiger charge is 2.31. The fraction of sp³-hybridized carbons (Fsp3) is 0.588. The van der Waals surface area contributed by atoms with Crippen LogP contribution in [0.3, 0.4) is 0 Å². The third-order valence-corrected chi connectivity index (χ3v) is 5.46. The maximum absolute atomic E-state index is 10.5. The average Bonchev–Trinajstić information content (AvgIpc) is 3.00. The summed E-state index contributed by atoms with van der Waals surface area (Å²) < 4.78 is 5.71. The van der Waals surface area contributed by atoms with Crippen molar-refractivity contribution in [3.63, 3.8) is 0 Å². The first-order valence-corrected chi connectivity index (χ1v) is 9.42. The van der Waals surface area contributed by atoms with E-state index in [9.17, 15) is 5.11 Å². The first-order chi connectivity index (χ1) is 11.2. The van der Waals surface area contributed by atoms with Crippen LogP contribution >= 0.6 is 35.7 Å². The molecule has 0 bridgehead atoms. The van der Waals surface area contributed by atoms with Crippen LogP contribution in [0.1, 0.15) is 31.4 Å². The Morgan fingerprint density at radius 2 is 2.29 bits per heavy atom. The molecule has 134 valence electrons. The highest BCUT2D eigenvalue weighted by atomic mass is 127. The number of hydrogen-bond donors (Lipinski definition) is 3. The molecule has 1 aromatic carbocycles. The molecular weight excluding hydrogens is 437 g/mol. The number of aliphatic hydroxyl groups is 1. The zero-order valence-corrected chi connectivity index (χ0v) is 17.1. The van der Waals surface area contributed by atoms with Crippen molar-refractivity contribution in [2.75, 3.05) is 31.2 Å². The van der Waals surface area contributed by atoms with Gasteiger partial charge in [0.25, 0.3) is 0 Å². The average molecular weight is 463 g/mol. The van der Waals surface area contributed by atoms with Gasteiger partial charge in [0.2, 0.25) is 0 Å². The van der Waals surface area contributed by atoms with Gasteiger partial charge in [0.1, 0.15) is 5.75 Å². The predicted molar refractivity (Wildman–Crippen MR) is 111 cm³/mol. The monoisotopic (exact) mass is 463 g/mol. The molecule has 1 aromatic rings. The molecule has 2 heterocycles. The number of nitrogens with one attached hydrogen (secondary N) is 2. The summed E-state index contributed by atoms with van der Waals surface area (Å²) in [5.74, 6) is 3.50. The highest BCUT2D eigenvalue weighted by Crippen LogP contribution is 2.31. The second kappa shape index (κ2) is 9.15. The molecule has 0 amide bonds. The van der Waals surface area contributed by atoms with Gasteiger partial charge in [0.05, 0.1) is 24.8 Å². The third-order valence-electron chi connectivity index (χ3n) is 4.23. The van der Waals surface area contributed by atoms with E-state index in [0.29, 0.717) is 13.2 Å². The normalized spacial score (nSPS) is 26.1. The predicted octanol–water partition coefficient (Wildman–Crippen LogP) is 2.55. The Labute approximate surface area is 165 Å². The van der Waals surface area contributed by atoms with Crippen molar-refractivity contribution < 1.29 is 9.84 Å². The Hall–Kier alpha value is -0.670. The molecule has 24 heavy (non-hydrogen) atoms. The molecule has 5 nitrogen and oxygen atoms in total. The van der Waals surface area contributed by atoms with Crippen LogP contribution in [0.4, 0.5) is 0 Å². The van der Waals surface area contributed by atoms with E-state index in [4.69, 9.17) is 4.74 Å². The van der Waals surface area contributed by atoms with E-state index < -0.39 is 5.60 Å². The summed E-state index contributed by atoms with van der Waals surface area (Å²) >= 11 is 1.80. The molecule has 0 aliphatic carbocycles. The summed E-state index contributed by atoms with van der Waals surface area (Å²) in [6.07, 6.45) is 1.72. The number of aliphatic imine (C=N–C) groups is 1. The Bertz CT molecular complexity index is 565. The van der Waals surface area contributed by atoms with Crippen LogP contribution in [-0.4, -0.2) is 47.9 Å². The minimum atomic E-state index is -0.652. The van der Waals surface area contributed by atoms with Crippen molar-refractivity contribution in [2.24, 2.45) is 4.99 Å². The molecule has 1 fully saturated rings. The number of hydrogen-bond acceptors (Lipinski definition) is 4. The number of rotatable bonds is 4. The largest absolute Gasteiger partial charge is 0.493 e. The lowest BCUT2D eigenvalue weighted by molar-refractivity contribution is 0.0778. The van der Waals surface area contributed by atoms with Gasteiger partial charge in [-0.3, -0.25) is 4.99 Å². The fourth-order valence-electron chi connectivity index (χ4n) is 2.92. The number of halogens is 1. The Kier molecular flexibility index (Phi) is 7.49. The molecule has 3 rings (SSSR count). The molecule has 0 spiro atoms. The van der Waals surface area contributed by atoms with Crippen LogP contribution in [0.15, 0.2) is 29.3 Å². The Morgan fingerprint density at radius 1 is 1.46 bits per heavy atom. The van der Waals surface area contributed by atoms with Gasteiger partial charge in [-0.25, -0.2) is 0 Å². The molecule has 2 atom stereocenters. The molecule has 7 heteroatoms. The minimum absolute atomic E-state index is 0. The van der Waals surface area contributed by atoms with Crippen molar-refractivity contribution in [2.45, 2.75) is 31.4 Å². The van der Waals surface area contributed by atoms with Gasteiger partial charge in [0.15, 0.2) is 5.96 Å². The smallest absolute Gasteiger partial charge is 0.191 e. The molecular formula is C17H26IN3O2S. The summed E-state index contributed by atoms with van der Waals surface area (Å²) in [6, 6.07) is 8.31. The number of fused-ring (bicyclic) bond motifs is 1. The molecule has 2 unspecified atom stereocenters. The summed E-state index contributed by atoms with van der Waals surface area (Å²) in [5.41, 5.74) is 0.514. The number of guanidine groups is 1. The van der Waals surface area contributed by atoms with E-state index in [-0.39, 0.29) is 30.0 Å². The molecule has 1 saturated heterocycles. The van der Waals surface area contributed by atoms with E-state index in [2.05, 4.69) is 28.6 Å². The zero-order chi connectivity index (χ0) is 16.1. The second-order valence-corrected chi connectivity index (χ2v) is 7.20. The van der Waals surface area contributed by atoms with Gasteiger partial charge in [0, 0.05) is 24.3 Å². The Balaban J connectivity index is 0.00000208. The number of ether oxygens (including phenoxy) is 1. The standard InChI is InChI=1S/C17H25N3O2S.HI/c1-2-18-16(19-11-17(21)8-10-23-12-17)20-14-7-9-22-15-6-4-3-5-13(14)15;/h3-6,14,21H,2,7-12H2,1H3,(H2,18,19,20);1H. The fourth-order valence-corrected chi connectivity index (χ4v) is 4.21. The van der Waals surface area contributed by atoms with Gasteiger partial charge < -0.3 is 20.5 Å². The summed E-state index contributed by atoms with van der Waals surface area (Å²) in [5, 5.41) is 17.2. The van der Waals surface area contributed by atoms with Crippen molar-refractivity contribution in [3.05, 3.63) is 29.8 Å².